The van der Waals surface area contributed by atoms with Gasteiger partial charge in [-0.2, -0.15) is 0 Å². The van der Waals surface area contributed by atoms with Crippen molar-refractivity contribution in [3.05, 3.63) is 188 Å². The second-order valence-corrected chi connectivity index (χ2v) is 14.0. The lowest BCUT2D eigenvalue weighted by Crippen LogP contribution is -2.00. The summed E-state index contributed by atoms with van der Waals surface area (Å²) in [4.78, 5) is 15.3. The van der Waals surface area contributed by atoms with Crippen molar-refractivity contribution in [1.82, 2.24) is 15.0 Å². The molecule has 0 bridgehead atoms. The summed E-state index contributed by atoms with van der Waals surface area (Å²) in [6.07, 6.45) is 0. The van der Waals surface area contributed by atoms with Gasteiger partial charge in [0, 0.05) is 32.7 Å². The molecule has 262 valence electrons. The smallest absolute Gasteiger partial charge is 0.167 e. The number of hydrogen-bond donors (Lipinski definition) is 0. The van der Waals surface area contributed by atoms with Gasteiger partial charge in [0.1, 0.15) is 22.3 Å². The van der Waals surface area contributed by atoms with E-state index in [-0.39, 0.29) is 0 Å². The van der Waals surface area contributed by atoms with Crippen molar-refractivity contribution < 1.29 is 8.83 Å². The van der Waals surface area contributed by atoms with E-state index in [1.807, 2.05) is 48.5 Å². The van der Waals surface area contributed by atoms with E-state index in [1.165, 1.54) is 11.1 Å². The van der Waals surface area contributed by atoms with Gasteiger partial charge in [-0.25, -0.2) is 15.0 Å². The molecule has 0 amide bonds. The Morgan fingerprint density at radius 1 is 0.268 bits per heavy atom. The third-order valence-corrected chi connectivity index (χ3v) is 10.6. The highest BCUT2D eigenvalue weighted by atomic mass is 16.3. The van der Waals surface area contributed by atoms with Crippen molar-refractivity contribution >= 4 is 43.9 Å². The minimum absolute atomic E-state index is 0.534. The summed E-state index contributed by atoms with van der Waals surface area (Å²) >= 11 is 0. The van der Waals surface area contributed by atoms with E-state index in [4.69, 9.17) is 23.8 Å². The number of para-hydroxylation sites is 2. The van der Waals surface area contributed by atoms with E-state index >= 15 is 0 Å². The van der Waals surface area contributed by atoms with E-state index < -0.39 is 0 Å². The van der Waals surface area contributed by atoms with Gasteiger partial charge in [-0.05, 0) is 75.8 Å². The lowest BCUT2D eigenvalue weighted by Gasteiger charge is -2.10. The molecule has 0 aliphatic rings. The quantitative estimate of drug-likeness (QED) is 0.171. The molecule has 0 spiro atoms. The van der Waals surface area contributed by atoms with Crippen LogP contribution in [0, 0.1) is 0 Å². The van der Waals surface area contributed by atoms with Gasteiger partial charge in [0.25, 0.3) is 0 Å². The number of nitrogens with zero attached hydrogens (tertiary/aromatic N) is 3. The summed E-state index contributed by atoms with van der Waals surface area (Å²) in [5.41, 5.74) is 12.6. The molecule has 0 fully saturated rings. The molecule has 5 nitrogen and oxygen atoms in total. The highest BCUT2D eigenvalue weighted by molar-refractivity contribution is 6.09. The summed E-state index contributed by atoms with van der Waals surface area (Å²) in [7, 11) is 0. The molecule has 0 atom stereocenters. The molecule has 0 saturated heterocycles. The fourth-order valence-electron chi connectivity index (χ4n) is 7.72. The lowest BCUT2D eigenvalue weighted by molar-refractivity contribution is 0.668. The van der Waals surface area contributed by atoms with Gasteiger partial charge < -0.3 is 8.83 Å². The van der Waals surface area contributed by atoms with Crippen LogP contribution in [0.2, 0.25) is 0 Å². The van der Waals surface area contributed by atoms with Gasteiger partial charge in [-0.1, -0.05) is 146 Å². The molecule has 11 rings (SSSR count). The van der Waals surface area contributed by atoms with Crippen molar-refractivity contribution in [2.75, 3.05) is 0 Å². The molecule has 56 heavy (non-hydrogen) atoms. The van der Waals surface area contributed by atoms with E-state index in [2.05, 4.69) is 140 Å². The predicted octanol–water partition coefficient (Wildman–Crippen LogP) is 13.7. The van der Waals surface area contributed by atoms with Crippen LogP contribution in [0.5, 0.6) is 0 Å². The van der Waals surface area contributed by atoms with Gasteiger partial charge in [0.15, 0.2) is 17.5 Å². The van der Waals surface area contributed by atoms with E-state index in [0.29, 0.717) is 17.5 Å². The maximum Gasteiger partial charge on any atom is 0.167 e. The van der Waals surface area contributed by atoms with E-state index in [9.17, 15) is 0 Å². The minimum atomic E-state index is 0.534. The molecule has 8 aromatic carbocycles. The summed E-state index contributed by atoms with van der Waals surface area (Å²) in [5, 5.41) is 4.17. The number of fused-ring (bicyclic) bond motifs is 6. The van der Waals surface area contributed by atoms with Gasteiger partial charge >= 0.3 is 0 Å². The Labute approximate surface area is 322 Å². The first-order valence-corrected chi connectivity index (χ1v) is 18.7. The maximum absolute atomic E-state index is 6.50. The van der Waals surface area contributed by atoms with Gasteiger partial charge in [0.05, 0.1) is 5.56 Å². The van der Waals surface area contributed by atoms with Crippen LogP contribution in [-0.4, -0.2) is 15.0 Å². The molecule has 0 aliphatic carbocycles. The van der Waals surface area contributed by atoms with Crippen LogP contribution in [0.1, 0.15) is 0 Å². The van der Waals surface area contributed by atoms with E-state index in [0.717, 1.165) is 82.8 Å². The molecule has 3 heterocycles. The Morgan fingerprint density at radius 2 is 0.732 bits per heavy atom. The zero-order valence-corrected chi connectivity index (χ0v) is 30.1. The third-order valence-electron chi connectivity index (χ3n) is 10.6. The Morgan fingerprint density at radius 3 is 1.45 bits per heavy atom. The molecule has 0 unspecified atom stereocenters. The highest BCUT2D eigenvalue weighted by Gasteiger charge is 2.19. The molecular formula is C51H31N3O2. The van der Waals surface area contributed by atoms with Crippen LogP contribution in [0.3, 0.4) is 0 Å². The highest BCUT2D eigenvalue weighted by Crippen LogP contribution is 2.38. The Bertz CT molecular complexity index is 3240. The molecule has 5 heteroatoms. The molecule has 3 aromatic heterocycles. The average molecular weight is 718 g/mol. The van der Waals surface area contributed by atoms with Gasteiger partial charge in [-0.15, -0.1) is 0 Å². The summed E-state index contributed by atoms with van der Waals surface area (Å²) in [6, 6.07) is 64.7. The number of rotatable bonds is 6. The van der Waals surface area contributed by atoms with Crippen LogP contribution in [0.4, 0.5) is 0 Å². The Hall–Kier alpha value is -7.63. The molecule has 0 saturated carbocycles. The van der Waals surface area contributed by atoms with Crippen molar-refractivity contribution in [3.8, 4) is 67.5 Å². The summed E-state index contributed by atoms with van der Waals surface area (Å²) in [6.45, 7) is 0. The monoisotopic (exact) mass is 717 g/mol. The fraction of sp³-hybridized carbons (Fsp3) is 0. The van der Waals surface area contributed by atoms with Crippen LogP contribution in [-0.2, 0) is 0 Å². The number of furan rings is 2. The zero-order valence-electron chi connectivity index (χ0n) is 30.1. The van der Waals surface area contributed by atoms with Crippen LogP contribution in [0.15, 0.2) is 197 Å². The van der Waals surface area contributed by atoms with Crippen molar-refractivity contribution in [3.63, 3.8) is 0 Å². The Balaban J connectivity index is 1.04. The predicted molar refractivity (Wildman–Crippen MR) is 227 cm³/mol. The molecule has 0 N–H and O–H groups in total. The first-order chi connectivity index (χ1) is 27.7. The first-order valence-electron chi connectivity index (χ1n) is 18.7. The van der Waals surface area contributed by atoms with Crippen molar-refractivity contribution in [2.24, 2.45) is 0 Å². The maximum atomic E-state index is 6.50. The summed E-state index contributed by atoms with van der Waals surface area (Å²) in [5.74, 6) is 1.65. The van der Waals surface area contributed by atoms with Crippen LogP contribution < -0.4 is 0 Å². The first kappa shape index (κ1) is 31.9. The normalized spacial score (nSPS) is 11.6. The average Bonchev–Trinajstić information content (AvgIpc) is 3.85. The molecule has 11 aromatic rings. The number of aromatic nitrogens is 3. The molecule has 0 radical (unpaired) electrons. The number of benzene rings is 8. The second kappa shape index (κ2) is 13.0. The van der Waals surface area contributed by atoms with Crippen molar-refractivity contribution in [2.45, 2.75) is 0 Å². The second-order valence-electron chi connectivity index (χ2n) is 14.0. The lowest BCUT2D eigenvalue weighted by atomic mass is 9.98. The Kier molecular flexibility index (Phi) is 7.42. The molecular weight excluding hydrogens is 687 g/mol. The third kappa shape index (κ3) is 5.53. The molecule has 0 aliphatic heterocycles. The topological polar surface area (TPSA) is 65.0 Å². The summed E-state index contributed by atoms with van der Waals surface area (Å²) < 4.78 is 13.0. The zero-order chi connectivity index (χ0) is 37.0. The SMILES string of the molecule is c1ccc(-c2cccc(-c3ccc(-c4nc(-c5ccc6c(c5)oc5cc(-c7ccccc7)ccc56)nc(-c5cccc6c5oc5ccccc56)n4)cc3)c2)cc1. The van der Waals surface area contributed by atoms with Gasteiger partial charge in [0.2, 0.25) is 0 Å². The van der Waals surface area contributed by atoms with Crippen LogP contribution >= 0.6 is 0 Å². The number of hydrogen-bond acceptors (Lipinski definition) is 5. The van der Waals surface area contributed by atoms with Crippen LogP contribution in [0.25, 0.3) is 111 Å². The van der Waals surface area contributed by atoms with Crippen molar-refractivity contribution in [1.29, 1.82) is 0 Å². The largest absolute Gasteiger partial charge is 0.456 e. The minimum Gasteiger partial charge on any atom is -0.456 e. The fourth-order valence-corrected chi connectivity index (χ4v) is 7.72. The van der Waals surface area contributed by atoms with Gasteiger partial charge in [-0.3, -0.25) is 0 Å². The van der Waals surface area contributed by atoms with E-state index in [1.54, 1.807) is 0 Å². The standard InChI is InChI=1S/C51H31N3O2/c1-3-11-32(12-4-1)36-15-9-16-37(29-36)34-21-23-35(24-22-34)49-52-50(54-51(53-49)44-19-10-18-43-40-17-7-8-20-45(40)56-48(43)44)39-26-28-42-41-27-25-38(33-13-5-2-6-14-33)30-46(41)55-47(42)31-39/h1-31H.